The summed E-state index contributed by atoms with van der Waals surface area (Å²) in [7, 11) is 0. The Morgan fingerprint density at radius 1 is 1.11 bits per heavy atom. The molecule has 0 fully saturated rings. The van der Waals surface area contributed by atoms with Crippen molar-refractivity contribution in [1.82, 2.24) is 0 Å². The molecule has 1 aliphatic rings. The average Bonchev–Trinajstić information content (AvgIpc) is 3.50. The summed E-state index contributed by atoms with van der Waals surface area (Å²) >= 11 is 1.05. The van der Waals surface area contributed by atoms with Crippen molar-refractivity contribution >= 4 is 29.2 Å². The number of thiophene rings is 1. The van der Waals surface area contributed by atoms with Crippen LogP contribution in [-0.4, -0.2) is 25.2 Å². The Balaban J connectivity index is 1.43. The maximum absolute atomic E-state index is 12.9. The van der Waals surface area contributed by atoms with E-state index in [9.17, 15) is 20.1 Å². The predicted octanol–water partition coefficient (Wildman–Crippen LogP) is 5.13. The Morgan fingerprint density at radius 2 is 1.86 bits per heavy atom. The fourth-order valence-corrected chi connectivity index (χ4v) is 4.82. The number of hydrogen-bond donors (Lipinski definition) is 0. The van der Waals surface area contributed by atoms with E-state index in [4.69, 9.17) is 18.9 Å². The van der Waals surface area contributed by atoms with Gasteiger partial charge in [0.2, 0.25) is 6.79 Å². The normalized spacial score (nSPS) is 11.9. The summed E-state index contributed by atoms with van der Waals surface area (Å²) in [6, 6.07) is 16.6. The molecule has 0 aliphatic carbocycles. The lowest BCUT2D eigenvalue weighted by molar-refractivity contribution is -0.114. The maximum Gasteiger partial charge on any atom is 0.348 e. The lowest BCUT2D eigenvalue weighted by atomic mass is 10.0. The number of Topliss-reactive ketones (excluding diaryl/α,β-unsaturated/α-hetero) is 1. The van der Waals surface area contributed by atoms with Gasteiger partial charge in [-0.05, 0) is 60.9 Å². The first-order valence-corrected chi connectivity index (χ1v) is 12.2. The van der Waals surface area contributed by atoms with E-state index in [1.165, 1.54) is 6.08 Å². The molecule has 3 aromatic rings. The number of hydrogen-bond acceptors (Lipinski definition) is 9. The molecule has 0 saturated carbocycles. The molecule has 2 aromatic carbocycles. The first kappa shape index (κ1) is 25.5. The average molecular weight is 515 g/mol. The summed E-state index contributed by atoms with van der Waals surface area (Å²) in [5, 5.41) is 19.1. The molecule has 0 unspecified atom stereocenters. The Kier molecular flexibility index (Phi) is 7.87. The molecular weight excluding hydrogens is 492 g/mol. The largest absolute Gasteiger partial charge is 0.489 e. The van der Waals surface area contributed by atoms with Crippen molar-refractivity contribution in [3.8, 4) is 29.4 Å². The monoisotopic (exact) mass is 514 g/mol. The molecule has 4 rings (SSSR count). The lowest BCUT2D eigenvalue weighted by Gasteiger charge is -2.07. The van der Waals surface area contributed by atoms with Crippen molar-refractivity contribution < 1.29 is 28.5 Å². The summed E-state index contributed by atoms with van der Waals surface area (Å²) < 4.78 is 21.5. The van der Waals surface area contributed by atoms with E-state index in [1.807, 2.05) is 24.3 Å². The molecule has 8 nitrogen and oxygen atoms in total. The summed E-state index contributed by atoms with van der Waals surface area (Å²) in [5.74, 6) is 1.04. The number of fused-ring (bicyclic) bond motifs is 1. The van der Waals surface area contributed by atoms with Gasteiger partial charge in [-0.15, -0.1) is 11.3 Å². The number of benzene rings is 2. The molecule has 9 heteroatoms. The number of ether oxygens (including phenoxy) is 4. The molecule has 0 amide bonds. The van der Waals surface area contributed by atoms with Gasteiger partial charge in [0, 0.05) is 11.3 Å². The van der Waals surface area contributed by atoms with Crippen LogP contribution in [0.15, 0.2) is 48.0 Å². The van der Waals surface area contributed by atoms with Crippen molar-refractivity contribution in [1.29, 1.82) is 10.5 Å². The van der Waals surface area contributed by atoms with E-state index in [-0.39, 0.29) is 31.0 Å². The number of carbonyl (C=O) groups is 2. The second-order valence-corrected chi connectivity index (χ2v) is 9.11. The number of allylic oxidation sites excluding steroid dienone is 1. The zero-order valence-corrected chi connectivity index (χ0v) is 21.0. The minimum absolute atomic E-state index is 0.0540. The van der Waals surface area contributed by atoms with Gasteiger partial charge < -0.3 is 18.9 Å². The number of esters is 1. The number of carbonyl (C=O) groups excluding carboxylic acids is 2. The highest BCUT2D eigenvalue weighted by Gasteiger charge is 2.23. The van der Waals surface area contributed by atoms with Gasteiger partial charge in [0.05, 0.1) is 17.7 Å². The molecule has 0 spiro atoms. The Morgan fingerprint density at radius 3 is 2.57 bits per heavy atom. The fourth-order valence-electron chi connectivity index (χ4n) is 3.68. The minimum Gasteiger partial charge on any atom is -0.489 e. The molecule has 186 valence electrons. The Hall–Kier alpha value is -4.60. The highest BCUT2D eigenvalue weighted by atomic mass is 32.1. The van der Waals surface area contributed by atoms with E-state index in [0.29, 0.717) is 44.7 Å². The number of ketones is 1. The van der Waals surface area contributed by atoms with Gasteiger partial charge in [-0.1, -0.05) is 18.2 Å². The zero-order valence-electron chi connectivity index (χ0n) is 20.2. The number of rotatable bonds is 9. The van der Waals surface area contributed by atoms with Gasteiger partial charge in [0.15, 0.2) is 17.3 Å². The van der Waals surface area contributed by atoms with Crippen LogP contribution in [0.5, 0.6) is 17.2 Å². The smallest absolute Gasteiger partial charge is 0.348 e. The molecular formula is C28H22N2O6S. The summed E-state index contributed by atoms with van der Waals surface area (Å²) in [4.78, 5) is 25.8. The van der Waals surface area contributed by atoms with Gasteiger partial charge in [0.1, 0.15) is 29.4 Å². The first-order chi connectivity index (χ1) is 17.9. The van der Waals surface area contributed by atoms with Crippen LogP contribution in [0.1, 0.15) is 43.7 Å². The van der Waals surface area contributed by atoms with Gasteiger partial charge in [-0.3, -0.25) is 4.79 Å². The third-order valence-corrected chi connectivity index (χ3v) is 6.84. The van der Waals surface area contributed by atoms with Crippen molar-refractivity contribution in [3.05, 3.63) is 80.0 Å². The van der Waals surface area contributed by atoms with E-state index < -0.39 is 11.8 Å². The van der Waals surface area contributed by atoms with E-state index >= 15 is 0 Å². The third kappa shape index (κ3) is 5.80. The highest BCUT2D eigenvalue weighted by Crippen LogP contribution is 2.33. The van der Waals surface area contributed by atoms with E-state index in [1.54, 1.807) is 38.1 Å². The molecule has 0 radical (unpaired) electrons. The van der Waals surface area contributed by atoms with Crippen LogP contribution >= 0.6 is 11.3 Å². The third-order valence-electron chi connectivity index (χ3n) is 5.57. The predicted molar refractivity (Wildman–Crippen MR) is 135 cm³/mol. The van der Waals surface area contributed by atoms with Gasteiger partial charge in [-0.25, -0.2) is 4.79 Å². The molecule has 0 bridgehead atoms. The SMILES string of the molecule is CCOC(=O)c1sc(CC(=O)/C(C#N)=C/c2ccc(OCc3ccc4c(c3)OCO4)cc2)c(C#N)c1C. The Labute approximate surface area is 217 Å². The van der Waals surface area contributed by atoms with Crippen LogP contribution in [0.3, 0.4) is 0 Å². The molecule has 37 heavy (non-hydrogen) atoms. The van der Waals surface area contributed by atoms with Crippen LogP contribution < -0.4 is 14.2 Å². The minimum atomic E-state index is -0.530. The number of nitriles is 2. The van der Waals surface area contributed by atoms with Crippen LogP contribution in [0, 0.1) is 29.6 Å². The van der Waals surface area contributed by atoms with Crippen molar-refractivity contribution in [3.63, 3.8) is 0 Å². The molecule has 0 saturated heterocycles. The summed E-state index contributed by atoms with van der Waals surface area (Å²) in [6.45, 7) is 4.09. The molecule has 1 aromatic heterocycles. The molecule has 0 N–H and O–H groups in total. The fraction of sp³-hybridized carbons (Fsp3) is 0.214. The van der Waals surface area contributed by atoms with Gasteiger partial charge in [-0.2, -0.15) is 10.5 Å². The highest BCUT2D eigenvalue weighted by molar-refractivity contribution is 7.14. The second-order valence-electron chi connectivity index (χ2n) is 8.00. The lowest BCUT2D eigenvalue weighted by Crippen LogP contribution is -2.05. The van der Waals surface area contributed by atoms with Crippen LogP contribution in [-0.2, 0) is 22.6 Å². The van der Waals surface area contributed by atoms with Crippen molar-refractivity contribution in [2.24, 2.45) is 0 Å². The van der Waals surface area contributed by atoms with Gasteiger partial charge in [0.25, 0.3) is 0 Å². The standard InChI is InChI=1S/C28H22N2O6S/c1-3-33-28(32)27-17(2)22(14-30)26(37-27)12-23(31)20(13-29)10-18-4-7-21(8-5-18)34-15-19-6-9-24-25(11-19)36-16-35-24/h4-11H,3,12,15-16H2,1-2H3/b20-10+. The second kappa shape index (κ2) is 11.4. The van der Waals surface area contributed by atoms with E-state index in [0.717, 1.165) is 16.9 Å². The van der Waals surface area contributed by atoms with Crippen LogP contribution in [0.25, 0.3) is 6.08 Å². The van der Waals surface area contributed by atoms with E-state index in [2.05, 4.69) is 6.07 Å². The number of nitrogens with zero attached hydrogens (tertiary/aromatic N) is 2. The maximum atomic E-state index is 12.9. The zero-order chi connectivity index (χ0) is 26.4. The first-order valence-electron chi connectivity index (χ1n) is 11.4. The quantitative estimate of drug-likeness (QED) is 0.219. The summed E-state index contributed by atoms with van der Waals surface area (Å²) in [5.41, 5.74) is 2.27. The van der Waals surface area contributed by atoms with Crippen molar-refractivity contribution in [2.45, 2.75) is 26.9 Å². The topological polar surface area (TPSA) is 119 Å². The Bertz CT molecular complexity index is 1460. The van der Waals surface area contributed by atoms with Crippen LogP contribution in [0.2, 0.25) is 0 Å². The molecule has 0 atom stereocenters. The summed E-state index contributed by atoms with van der Waals surface area (Å²) in [6.07, 6.45) is 1.33. The molecule has 1 aliphatic heterocycles. The molecule has 2 heterocycles. The van der Waals surface area contributed by atoms with Gasteiger partial charge >= 0.3 is 5.97 Å². The van der Waals surface area contributed by atoms with Crippen molar-refractivity contribution in [2.75, 3.05) is 13.4 Å². The van der Waals surface area contributed by atoms with Crippen LogP contribution in [0.4, 0.5) is 0 Å².